The topological polar surface area (TPSA) is 79.0 Å². The molecule has 2 aromatic rings. The molecule has 2 aliphatic heterocycles. The van der Waals surface area contributed by atoms with Gasteiger partial charge in [0, 0.05) is 49.3 Å². The third kappa shape index (κ3) is 7.41. The van der Waals surface area contributed by atoms with Gasteiger partial charge in [-0.2, -0.15) is 0 Å². The Morgan fingerprint density at radius 1 is 1.03 bits per heavy atom. The first-order valence-corrected chi connectivity index (χ1v) is 14.2. The average molecular weight is 541 g/mol. The number of nitrogens with one attached hydrogen (secondary N) is 1. The molecule has 2 saturated heterocycles. The fourth-order valence-electron chi connectivity index (χ4n) is 4.45. The van der Waals surface area contributed by atoms with Gasteiger partial charge in [0.05, 0.1) is 24.9 Å². The van der Waals surface area contributed by atoms with E-state index in [1.807, 2.05) is 12.1 Å². The van der Waals surface area contributed by atoms with Crippen molar-refractivity contribution in [2.75, 3.05) is 39.4 Å². The van der Waals surface area contributed by atoms with Crippen molar-refractivity contribution in [1.29, 1.82) is 0 Å². The molecule has 35 heavy (non-hydrogen) atoms. The van der Waals surface area contributed by atoms with E-state index in [4.69, 9.17) is 27.9 Å². The maximum atomic E-state index is 13.0. The van der Waals surface area contributed by atoms with Crippen molar-refractivity contribution in [3.63, 3.8) is 0 Å². The number of halogens is 2. The molecule has 0 unspecified atom stereocenters. The molecule has 0 aliphatic carbocycles. The lowest BCUT2D eigenvalue weighted by Gasteiger charge is -2.31. The zero-order valence-electron chi connectivity index (χ0n) is 19.6. The summed E-state index contributed by atoms with van der Waals surface area (Å²) < 4.78 is 32.8. The van der Waals surface area contributed by atoms with Gasteiger partial charge in [-0.15, -0.1) is 0 Å². The lowest BCUT2D eigenvalue weighted by atomic mass is 9.98. The Hall–Kier alpha value is -1.68. The molecule has 2 fully saturated rings. The number of carbonyl (C=O) groups is 1. The van der Waals surface area contributed by atoms with Crippen LogP contribution < -0.4 is 5.32 Å². The van der Waals surface area contributed by atoms with Crippen LogP contribution in [-0.4, -0.2) is 62.9 Å². The van der Waals surface area contributed by atoms with Crippen molar-refractivity contribution in [3.8, 4) is 0 Å². The van der Waals surface area contributed by atoms with Gasteiger partial charge in [0.1, 0.15) is 0 Å². The quantitative estimate of drug-likeness (QED) is 0.553. The molecule has 1 atom stereocenters. The Labute approximate surface area is 217 Å². The van der Waals surface area contributed by atoms with Crippen LogP contribution in [0.5, 0.6) is 0 Å². The minimum Gasteiger partial charge on any atom is -0.379 e. The van der Waals surface area contributed by atoms with E-state index in [0.29, 0.717) is 41.5 Å². The zero-order chi connectivity index (χ0) is 24.8. The van der Waals surface area contributed by atoms with E-state index < -0.39 is 10.0 Å². The number of morpholine rings is 1. The number of benzene rings is 2. The standard InChI is InChI=1S/C25H31Cl2N3O4S/c26-23-8-7-22(24(27)14-23)18-35(32,33)30-9-1-2-21(17-30)25(31)28-15-19-3-5-20(6-4-19)16-29-10-12-34-13-11-29/h3-8,14,21H,1-2,9-13,15-18H2,(H,28,31)/t21-/m1/s1. The van der Waals surface area contributed by atoms with Crippen LogP contribution in [0.25, 0.3) is 0 Å². The Morgan fingerprint density at radius 3 is 2.46 bits per heavy atom. The van der Waals surface area contributed by atoms with Crippen LogP contribution in [0.2, 0.25) is 10.0 Å². The number of sulfonamides is 1. The van der Waals surface area contributed by atoms with Gasteiger partial charge in [0.25, 0.3) is 0 Å². The van der Waals surface area contributed by atoms with Crippen molar-refractivity contribution >= 4 is 39.1 Å². The monoisotopic (exact) mass is 539 g/mol. The van der Waals surface area contributed by atoms with Crippen LogP contribution in [0, 0.1) is 5.92 Å². The number of ether oxygens (including phenoxy) is 1. The number of nitrogens with zero attached hydrogens (tertiary/aromatic N) is 2. The van der Waals surface area contributed by atoms with Gasteiger partial charge < -0.3 is 10.1 Å². The summed E-state index contributed by atoms with van der Waals surface area (Å²) in [6.07, 6.45) is 1.31. The molecule has 7 nitrogen and oxygen atoms in total. The van der Waals surface area contributed by atoms with E-state index in [2.05, 4.69) is 22.3 Å². The zero-order valence-corrected chi connectivity index (χ0v) is 21.9. The highest BCUT2D eigenvalue weighted by atomic mass is 35.5. The highest BCUT2D eigenvalue weighted by Gasteiger charge is 2.32. The largest absolute Gasteiger partial charge is 0.379 e. The number of hydrogen-bond acceptors (Lipinski definition) is 5. The fraction of sp³-hybridized carbons (Fsp3) is 0.480. The molecule has 2 heterocycles. The number of amides is 1. The molecule has 10 heteroatoms. The summed E-state index contributed by atoms with van der Waals surface area (Å²) in [6, 6.07) is 13.0. The first-order chi connectivity index (χ1) is 16.8. The van der Waals surface area contributed by atoms with Crippen LogP contribution in [0.1, 0.15) is 29.5 Å². The van der Waals surface area contributed by atoms with E-state index in [1.165, 1.54) is 15.9 Å². The predicted octanol–water partition coefficient (Wildman–Crippen LogP) is 3.68. The van der Waals surface area contributed by atoms with Crippen LogP contribution in [0.4, 0.5) is 0 Å². The molecule has 4 rings (SSSR count). The van der Waals surface area contributed by atoms with Crippen molar-refractivity contribution in [2.45, 2.75) is 31.7 Å². The number of carbonyl (C=O) groups excluding carboxylic acids is 1. The number of hydrogen-bond donors (Lipinski definition) is 1. The van der Waals surface area contributed by atoms with Crippen molar-refractivity contribution in [1.82, 2.24) is 14.5 Å². The first-order valence-electron chi connectivity index (χ1n) is 11.9. The molecule has 0 spiro atoms. The molecule has 1 amide bonds. The molecular formula is C25H31Cl2N3O4S. The minimum absolute atomic E-state index is 0.119. The fourth-order valence-corrected chi connectivity index (χ4v) is 6.65. The van der Waals surface area contributed by atoms with Gasteiger partial charge in [0.15, 0.2) is 0 Å². The third-order valence-corrected chi connectivity index (χ3v) is 8.88. The van der Waals surface area contributed by atoms with Gasteiger partial charge in [-0.1, -0.05) is 53.5 Å². The molecule has 0 aromatic heterocycles. The van der Waals surface area contributed by atoms with Crippen LogP contribution >= 0.6 is 23.2 Å². The van der Waals surface area contributed by atoms with Crippen LogP contribution in [0.3, 0.4) is 0 Å². The molecule has 190 valence electrons. The van der Waals surface area contributed by atoms with Gasteiger partial charge in [-0.25, -0.2) is 12.7 Å². The van der Waals surface area contributed by atoms with Crippen molar-refractivity contribution < 1.29 is 17.9 Å². The summed E-state index contributed by atoms with van der Waals surface area (Å²) in [5.74, 6) is -0.708. The third-order valence-electron chi connectivity index (χ3n) is 6.50. The van der Waals surface area contributed by atoms with E-state index in [1.54, 1.807) is 12.1 Å². The van der Waals surface area contributed by atoms with Gasteiger partial charge in [-0.05, 0) is 41.7 Å². The Kier molecular flexibility index (Phi) is 9.07. The average Bonchev–Trinajstić information content (AvgIpc) is 2.86. The highest BCUT2D eigenvalue weighted by molar-refractivity contribution is 7.88. The maximum Gasteiger partial charge on any atom is 0.224 e. The summed E-state index contributed by atoms with van der Waals surface area (Å²) in [5.41, 5.74) is 2.75. The van der Waals surface area contributed by atoms with Crippen LogP contribution in [-0.2, 0) is 38.4 Å². The SMILES string of the molecule is O=C(NCc1ccc(CN2CCOCC2)cc1)[C@@H]1CCCN(S(=O)(=O)Cc2ccc(Cl)cc2Cl)C1. The second-order valence-electron chi connectivity index (χ2n) is 9.11. The van der Waals surface area contributed by atoms with E-state index in [0.717, 1.165) is 38.4 Å². The van der Waals surface area contributed by atoms with Gasteiger partial charge in [0.2, 0.25) is 15.9 Å². The second-order valence-corrected chi connectivity index (χ2v) is 11.9. The Bertz CT molecular complexity index is 1120. The molecule has 2 aliphatic rings. The molecule has 0 bridgehead atoms. The van der Waals surface area contributed by atoms with E-state index in [9.17, 15) is 13.2 Å². The van der Waals surface area contributed by atoms with E-state index in [-0.39, 0.29) is 24.1 Å². The van der Waals surface area contributed by atoms with Crippen LogP contribution in [0.15, 0.2) is 42.5 Å². The van der Waals surface area contributed by atoms with Gasteiger partial charge in [-0.3, -0.25) is 9.69 Å². The molecular weight excluding hydrogens is 509 g/mol. The van der Waals surface area contributed by atoms with Gasteiger partial charge >= 0.3 is 0 Å². The summed E-state index contributed by atoms with van der Waals surface area (Å²) in [6.45, 7) is 5.33. The summed E-state index contributed by atoms with van der Waals surface area (Å²) in [7, 11) is -3.61. The number of piperidine rings is 1. The van der Waals surface area contributed by atoms with Crippen molar-refractivity contribution in [3.05, 3.63) is 69.2 Å². The Balaban J connectivity index is 1.28. The molecule has 1 N–H and O–H groups in total. The summed E-state index contributed by atoms with van der Waals surface area (Å²) in [5, 5.41) is 3.76. The molecule has 0 radical (unpaired) electrons. The summed E-state index contributed by atoms with van der Waals surface area (Å²) in [4.78, 5) is 15.2. The number of rotatable bonds is 8. The molecule has 2 aromatic carbocycles. The second kappa shape index (κ2) is 12.0. The van der Waals surface area contributed by atoms with E-state index >= 15 is 0 Å². The smallest absolute Gasteiger partial charge is 0.224 e. The molecule has 0 saturated carbocycles. The minimum atomic E-state index is -3.61. The maximum absolute atomic E-state index is 13.0. The Morgan fingerprint density at radius 2 is 1.74 bits per heavy atom. The first kappa shape index (κ1) is 26.4. The highest BCUT2D eigenvalue weighted by Crippen LogP contribution is 2.26. The van der Waals surface area contributed by atoms with Crippen molar-refractivity contribution in [2.24, 2.45) is 5.92 Å². The lowest BCUT2D eigenvalue weighted by molar-refractivity contribution is -0.126. The lowest BCUT2D eigenvalue weighted by Crippen LogP contribution is -2.45. The predicted molar refractivity (Wildman–Crippen MR) is 138 cm³/mol. The normalized spacial score (nSPS) is 20.0. The summed E-state index contributed by atoms with van der Waals surface area (Å²) >= 11 is 12.1.